The molecule has 0 spiro atoms. The number of hydrogen-bond acceptors (Lipinski definition) is 5. The summed E-state index contributed by atoms with van der Waals surface area (Å²) in [6.07, 6.45) is -0.926. The number of rotatable bonds is 5. The number of halogens is 2. The molecule has 0 saturated heterocycles. The van der Waals surface area contributed by atoms with Crippen molar-refractivity contribution >= 4 is 33.3 Å². The van der Waals surface area contributed by atoms with Gasteiger partial charge in [-0.25, -0.2) is 0 Å². The van der Waals surface area contributed by atoms with Crippen LogP contribution in [0.1, 0.15) is 11.1 Å². The van der Waals surface area contributed by atoms with Crippen LogP contribution in [0.4, 0.5) is 0 Å². The quantitative estimate of drug-likeness (QED) is 0.447. The highest BCUT2D eigenvalue weighted by atomic mass is 35.5. The fourth-order valence-corrected chi connectivity index (χ4v) is 4.52. The van der Waals surface area contributed by atoms with Gasteiger partial charge in [0.05, 0.1) is 4.90 Å². The van der Waals surface area contributed by atoms with Gasteiger partial charge in [-0.15, -0.1) is 0 Å². The van der Waals surface area contributed by atoms with E-state index in [-0.39, 0.29) is 11.5 Å². The maximum Gasteiger partial charge on any atom is 0.297 e. The highest BCUT2D eigenvalue weighted by Crippen LogP contribution is 2.46. The third-order valence-electron chi connectivity index (χ3n) is 4.67. The van der Waals surface area contributed by atoms with Crippen LogP contribution in [0.25, 0.3) is 11.1 Å². The van der Waals surface area contributed by atoms with Gasteiger partial charge in [-0.2, -0.15) is 8.42 Å². The lowest BCUT2D eigenvalue weighted by molar-refractivity contribution is 0.00993. The van der Waals surface area contributed by atoms with E-state index >= 15 is 0 Å². The molecule has 1 aliphatic rings. The summed E-state index contributed by atoms with van der Waals surface area (Å²) in [5.41, 5.74) is 3.51. The smallest absolute Gasteiger partial charge is 0.297 e. The largest absolute Gasteiger partial charge is 0.448 e. The summed E-state index contributed by atoms with van der Waals surface area (Å²) in [5.74, 6) is 0.902. The highest BCUT2D eigenvalue weighted by Gasteiger charge is 2.30. The van der Waals surface area contributed by atoms with Gasteiger partial charge in [-0.3, -0.25) is 4.18 Å². The minimum absolute atomic E-state index is 0.0733. The van der Waals surface area contributed by atoms with E-state index in [4.69, 9.17) is 36.9 Å². The summed E-state index contributed by atoms with van der Waals surface area (Å²) in [5, 5.41) is 1.09. The molecular formula is C22H18Cl2O5S. The van der Waals surface area contributed by atoms with Gasteiger partial charge in [0, 0.05) is 21.7 Å². The summed E-state index contributed by atoms with van der Waals surface area (Å²) in [7, 11) is -3.93. The molecule has 1 unspecified atom stereocenters. The van der Waals surface area contributed by atoms with Gasteiger partial charge in [0.25, 0.3) is 16.4 Å². The molecule has 3 aromatic carbocycles. The Kier molecular flexibility index (Phi) is 5.68. The van der Waals surface area contributed by atoms with E-state index in [1.165, 1.54) is 12.1 Å². The first-order valence-corrected chi connectivity index (χ1v) is 11.3. The number of hydrogen-bond donors (Lipinski definition) is 0. The fraction of sp³-hybridized carbons (Fsp3) is 0.182. The first-order chi connectivity index (χ1) is 14.2. The lowest BCUT2D eigenvalue weighted by atomic mass is 9.99. The fourth-order valence-electron chi connectivity index (χ4n) is 3.19. The lowest BCUT2D eigenvalue weighted by Crippen LogP contribution is -2.26. The Balaban J connectivity index is 1.55. The molecule has 0 aliphatic carbocycles. The van der Waals surface area contributed by atoms with E-state index in [1.807, 2.05) is 26.0 Å². The second-order valence-corrected chi connectivity index (χ2v) is 9.45. The second kappa shape index (κ2) is 8.12. The van der Waals surface area contributed by atoms with Crippen LogP contribution in [0.5, 0.6) is 11.5 Å². The molecule has 1 atom stereocenters. The minimum Gasteiger partial charge on any atom is -0.448 e. The van der Waals surface area contributed by atoms with Crippen LogP contribution in [-0.4, -0.2) is 21.3 Å². The minimum atomic E-state index is -3.93. The zero-order valence-electron chi connectivity index (χ0n) is 16.2. The van der Waals surface area contributed by atoms with Gasteiger partial charge in [0.1, 0.15) is 6.61 Å². The first kappa shape index (κ1) is 21.0. The van der Waals surface area contributed by atoms with Crippen molar-refractivity contribution in [3.63, 3.8) is 0 Å². The predicted octanol–water partition coefficient (Wildman–Crippen LogP) is 5.78. The van der Waals surface area contributed by atoms with E-state index in [0.29, 0.717) is 21.5 Å². The van der Waals surface area contributed by atoms with Crippen molar-refractivity contribution in [2.75, 3.05) is 6.61 Å². The maximum absolute atomic E-state index is 12.4. The van der Waals surface area contributed by atoms with E-state index in [1.54, 1.807) is 30.3 Å². The first-order valence-electron chi connectivity index (χ1n) is 9.12. The van der Waals surface area contributed by atoms with Crippen molar-refractivity contribution in [1.29, 1.82) is 0 Å². The molecule has 30 heavy (non-hydrogen) atoms. The third-order valence-corrected chi connectivity index (χ3v) is 6.42. The number of aryl methyl sites for hydroxylation is 2. The Hall–Kier alpha value is -2.25. The van der Waals surface area contributed by atoms with Gasteiger partial charge in [-0.05, 0) is 55.3 Å². The van der Waals surface area contributed by atoms with E-state index in [9.17, 15) is 8.42 Å². The number of benzene rings is 3. The maximum atomic E-state index is 12.4. The molecule has 3 aromatic rings. The molecule has 0 fully saturated rings. The Morgan fingerprint density at radius 3 is 2.33 bits per heavy atom. The topological polar surface area (TPSA) is 61.8 Å². The molecule has 1 aliphatic heterocycles. The van der Waals surface area contributed by atoms with Crippen molar-refractivity contribution in [1.82, 2.24) is 0 Å². The van der Waals surface area contributed by atoms with Crippen LogP contribution in [0.15, 0.2) is 59.5 Å². The van der Waals surface area contributed by atoms with Crippen molar-refractivity contribution in [2.24, 2.45) is 0 Å². The van der Waals surface area contributed by atoms with Crippen molar-refractivity contribution < 1.29 is 22.1 Å². The summed E-state index contributed by atoms with van der Waals surface area (Å²) in [4.78, 5) is 0.0733. The highest BCUT2D eigenvalue weighted by molar-refractivity contribution is 7.86. The van der Waals surface area contributed by atoms with Crippen LogP contribution >= 0.6 is 23.2 Å². The molecule has 156 valence electrons. The molecule has 8 heteroatoms. The lowest BCUT2D eigenvalue weighted by Gasteiger charge is -2.12. The monoisotopic (exact) mass is 464 g/mol. The van der Waals surface area contributed by atoms with Crippen LogP contribution in [0.2, 0.25) is 10.0 Å². The normalized spacial score (nSPS) is 15.4. The van der Waals surface area contributed by atoms with Gasteiger partial charge in [0.15, 0.2) is 11.5 Å². The average molecular weight is 465 g/mol. The van der Waals surface area contributed by atoms with E-state index < -0.39 is 16.4 Å². The molecular weight excluding hydrogens is 447 g/mol. The van der Waals surface area contributed by atoms with Crippen LogP contribution in [0, 0.1) is 13.8 Å². The summed E-state index contributed by atoms with van der Waals surface area (Å²) >= 11 is 12.3. The molecule has 0 N–H and O–H groups in total. The second-order valence-electron chi connectivity index (χ2n) is 6.96. The molecule has 0 saturated carbocycles. The number of fused-ring (bicyclic) bond motifs is 1. The molecule has 4 rings (SSSR count). The predicted molar refractivity (Wildman–Crippen MR) is 116 cm³/mol. The van der Waals surface area contributed by atoms with Gasteiger partial charge >= 0.3 is 0 Å². The van der Waals surface area contributed by atoms with Crippen molar-refractivity contribution in [3.05, 3.63) is 75.8 Å². The Labute approximate surface area is 185 Å². The van der Waals surface area contributed by atoms with Crippen LogP contribution in [-0.2, 0) is 14.3 Å². The van der Waals surface area contributed by atoms with Gasteiger partial charge in [0.2, 0.25) is 0 Å². The third kappa shape index (κ3) is 4.27. The average Bonchev–Trinajstić information content (AvgIpc) is 3.09. The Morgan fingerprint density at radius 2 is 1.63 bits per heavy atom. The molecule has 0 aromatic heterocycles. The Morgan fingerprint density at radius 1 is 0.900 bits per heavy atom. The SMILES string of the molecule is Cc1ccc(S(=O)(=O)OCC2Oc3cc(Cl)cc(-c4ccc(Cl)cc4C)c3O2)cc1. The van der Waals surface area contributed by atoms with E-state index in [0.717, 1.165) is 22.3 Å². The number of ether oxygens (including phenoxy) is 2. The molecule has 0 bridgehead atoms. The van der Waals surface area contributed by atoms with Gasteiger partial charge < -0.3 is 9.47 Å². The Bertz CT molecular complexity index is 1210. The molecule has 0 radical (unpaired) electrons. The van der Waals surface area contributed by atoms with E-state index in [2.05, 4.69) is 0 Å². The standard InChI is InChI=1S/C22H18Cl2O5S/c1-13-3-6-17(7-4-13)30(25,26)27-12-21-28-20-11-16(24)10-19(22(20)29-21)18-8-5-15(23)9-14(18)2/h3-11,21H,12H2,1-2H3. The van der Waals surface area contributed by atoms with Gasteiger partial charge in [-0.1, -0.05) is 47.0 Å². The summed E-state index contributed by atoms with van der Waals surface area (Å²) < 4.78 is 41.6. The van der Waals surface area contributed by atoms with Crippen LogP contribution < -0.4 is 9.47 Å². The van der Waals surface area contributed by atoms with Crippen molar-refractivity contribution in [3.8, 4) is 22.6 Å². The zero-order chi connectivity index (χ0) is 21.5. The van der Waals surface area contributed by atoms with Crippen LogP contribution in [0.3, 0.4) is 0 Å². The summed E-state index contributed by atoms with van der Waals surface area (Å²) in [6.45, 7) is 3.50. The molecule has 5 nitrogen and oxygen atoms in total. The van der Waals surface area contributed by atoms with Crippen molar-refractivity contribution in [2.45, 2.75) is 25.0 Å². The summed E-state index contributed by atoms with van der Waals surface area (Å²) in [6, 6.07) is 15.3. The molecule has 1 heterocycles. The molecule has 0 amide bonds. The zero-order valence-corrected chi connectivity index (χ0v) is 18.5.